The van der Waals surface area contributed by atoms with Crippen molar-refractivity contribution < 1.29 is 0 Å². The minimum atomic E-state index is 0.678. The van der Waals surface area contributed by atoms with E-state index in [1.165, 1.54) is 27.6 Å². The molecule has 0 bridgehead atoms. The summed E-state index contributed by atoms with van der Waals surface area (Å²) in [6, 6.07) is 6.78. The molecular formula is C13H16S. The molecule has 1 aromatic carbocycles. The molecule has 1 aromatic heterocycles. The molecule has 0 aliphatic carbocycles. The van der Waals surface area contributed by atoms with Crippen LogP contribution in [0.1, 0.15) is 37.3 Å². The second kappa shape index (κ2) is 3.74. The molecule has 0 N–H and O–H groups in total. The molecule has 74 valence electrons. The molecule has 0 saturated heterocycles. The first kappa shape index (κ1) is 9.72. The van der Waals surface area contributed by atoms with Crippen LogP contribution in [0.2, 0.25) is 0 Å². The fourth-order valence-electron chi connectivity index (χ4n) is 1.83. The monoisotopic (exact) mass is 204 g/mol. The highest BCUT2D eigenvalue weighted by molar-refractivity contribution is 7.17. The number of fused-ring (bicyclic) bond motifs is 1. The van der Waals surface area contributed by atoms with E-state index in [0.717, 1.165) is 0 Å². The Bertz CT molecular complexity index is 439. The van der Waals surface area contributed by atoms with E-state index in [4.69, 9.17) is 0 Å². The van der Waals surface area contributed by atoms with Crippen LogP contribution in [0.3, 0.4) is 0 Å². The fraction of sp³-hybridized carbons (Fsp3) is 0.385. The molecule has 2 rings (SSSR count). The van der Waals surface area contributed by atoms with Gasteiger partial charge in [-0.15, -0.1) is 11.3 Å². The third kappa shape index (κ3) is 1.46. The van der Waals surface area contributed by atoms with Crippen molar-refractivity contribution in [1.82, 2.24) is 0 Å². The minimum Gasteiger partial charge on any atom is -0.144 e. The van der Waals surface area contributed by atoms with Gasteiger partial charge in [0.15, 0.2) is 0 Å². The highest BCUT2D eigenvalue weighted by atomic mass is 32.1. The first-order valence-corrected chi connectivity index (χ1v) is 6.08. The average molecular weight is 204 g/mol. The summed E-state index contributed by atoms with van der Waals surface area (Å²) in [5.74, 6) is 0.678. The van der Waals surface area contributed by atoms with Crippen LogP contribution in [0.4, 0.5) is 0 Å². The van der Waals surface area contributed by atoms with Crippen LogP contribution in [-0.4, -0.2) is 0 Å². The van der Waals surface area contributed by atoms with Gasteiger partial charge in [-0.3, -0.25) is 0 Å². The van der Waals surface area contributed by atoms with Crippen molar-refractivity contribution in [2.75, 3.05) is 0 Å². The van der Waals surface area contributed by atoms with Crippen molar-refractivity contribution in [2.24, 2.45) is 0 Å². The molecule has 0 nitrogen and oxygen atoms in total. The number of hydrogen-bond acceptors (Lipinski definition) is 1. The first-order valence-electron chi connectivity index (χ1n) is 5.20. The summed E-state index contributed by atoms with van der Waals surface area (Å²) in [5.41, 5.74) is 2.91. The van der Waals surface area contributed by atoms with Crippen LogP contribution in [0.25, 0.3) is 10.1 Å². The summed E-state index contributed by atoms with van der Waals surface area (Å²) in [5, 5.41) is 3.64. The third-order valence-corrected chi connectivity index (χ3v) is 3.97. The van der Waals surface area contributed by atoms with Crippen molar-refractivity contribution in [3.63, 3.8) is 0 Å². The largest absolute Gasteiger partial charge is 0.144 e. The van der Waals surface area contributed by atoms with Crippen LogP contribution in [0, 0.1) is 6.92 Å². The predicted octanol–water partition coefficient (Wildman–Crippen LogP) is 4.72. The Morgan fingerprint density at radius 2 is 2.07 bits per heavy atom. The Morgan fingerprint density at radius 3 is 2.79 bits per heavy atom. The Morgan fingerprint density at radius 1 is 1.29 bits per heavy atom. The summed E-state index contributed by atoms with van der Waals surface area (Å²) < 4.78 is 1.49. The molecule has 2 aromatic rings. The van der Waals surface area contributed by atoms with E-state index in [1.54, 1.807) is 0 Å². The lowest BCUT2D eigenvalue weighted by Crippen LogP contribution is -1.91. The lowest BCUT2D eigenvalue weighted by Gasteiger charge is -2.11. The number of thiophene rings is 1. The summed E-state index contributed by atoms with van der Waals surface area (Å²) >= 11 is 1.87. The van der Waals surface area contributed by atoms with Crippen LogP contribution in [0.15, 0.2) is 23.6 Å². The minimum absolute atomic E-state index is 0.678. The molecule has 0 spiro atoms. The molecule has 1 heterocycles. The molecule has 0 fully saturated rings. The van der Waals surface area contributed by atoms with E-state index < -0.39 is 0 Å². The topological polar surface area (TPSA) is 0 Å². The average Bonchev–Trinajstić information content (AvgIpc) is 2.67. The van der Waals surface area contributed by atoms with Crippen molar-refractivity contribution >= 4 is 21.4 Å². The molecule has 1 heteroatoms. The maximum absolute atomic E-state index is 2.31. The maximum atomic E-state index is 2.31. The highest BCUT2D eigenvalue weighted by Gasteiger charge is 2.09. The molecule has 1 unspecified atom stereocenters. The molecule has 0 amide bonds. The summed E-state index contributed by atoms with van der Waals surface area (Å²) in [7, 11) is 0. The van der Waals surface area contributed by atoms with Gasteiger partial charge in [-0.05, 0) is 47.2 Å². The Balaban J connectivity index is 2.66. The van der Waals surface area contributed by atoms with Gasteiger partial charge in [0.05, 0.1) is 0 Å². The van der Waals surface area contributed by atoms with Crippen LogP contribution in [-0.2, 0) is 0 Å². The lowest BCUT2D eigenvalue weighted by molar-refractivity contribution is 0.740. The zero-order valence-corrected chi connectivity index (χ0v) is 9.82. The standard InChI is InChI=1S/C13H16S/c1-4-9(2)11-6-5-10(3)12-7-8-14-13(11)12/h5-9H,4H2,1-3H3. The second-order valence-electron chi connectivity index (χ2n) is 3.94. The highest BCUT2D eigenvalue weighted by Crippen LogP contribution is 2.33. The lowest BCUT2D eigenvalue weighted by atomic mass is 9.96. The van der Waals surface area contributed by atoms with Gasteiger partial charge in [0.25, 0.3) is 0 Å². The van der Waals surface area contributed by atoms with Crippen LogP contribution >= 0.6 is 11.3 Å². The Kier molecular flexibility index (Phi) is 2.60. The first-order chi connectivity index (χ1) is 6.74. The SMILES string of the molecule is CCC(C)c1ccc(C)c2ccsc12. The number of aryl methyl sites for hydroxylation is 1. The van der Waals surface area contributed by atoms with Gasteiger partial charge in [-0.1, -0.05) is 26.0 Å². The normalized spacial score (nSPS) is 13.4. The van der Waals surface area contributed by atoms with Gasteiger partial charge < -0.3 is 0 Å². The quantitative estimate of drug-likeness (QED) is 0.663. The molecular weight excluding hydrogens is 188 g/mol. The molecule has 14 heavy (non-hydrogen) atoms. The third-order valence-electron chi connectivity index (χ3n) is 3.01. The molecule has 0 saturated carbocycles. The van der Waals surface area contributed by atoms with Crippen LogP contribution < -0.4 is 0 Å². The fourth-order valence-corrected chi connectivity index (χ4v) is 2.93. The molecule has 0 radical (unpaired) electrons. The summed E-state index contributed by atoms with van der Waals surface area (Å²) in [4.78, 5) is 0. The van der Waals surface area contributed by atoms with E-state index in [9.17, 15) is 0 Å². The molecule has 0 aliphatic heterocycles. The zero-order chi connectivity index (χ0) is 10.1. The van der Waals surface area contributed by atoms with Crippen molar-refractivity contribution in [1.29, 1.82) is 0 Å². The van der Waals surface area contributed by atoms with E-state index in [1.807, 2.05) is 11.3 Å². The number of rotatable bonds is 2. The zero-order valence-electron chi connectivity index (χ0n) is 9.00. The number of hydrogen-bond donors (Lipinski definition) is 0. The Hall–Kier alpha value is -0.820. The van der Waals surface area contributed by atoms with E-state index in [2.05, 4.69) is 44.4 Å². The van der Waals surface area contributed by atoms with Crippen molar-refractivity contribution in [3.8, 4) is 0 Å². The summed E-state index contributed by atoms with van der Waals surface area (Å²) in [6.07, 6.45) is 1.22. The molecule has 1 atom stereocenters. The molecule has 0 aliphatic rings. The predicted molar refractivity (Wildman–Crippen MR) is 65.3 cm³/mol. The van der Waals surface area contributed by atoms with E-state index >= 15 is 0 Å². The van der Waals surface area contributed by atoms with Gasteiger partial charge in [-0.2, -0.15) is 0 Å². The van der Waals surface area contributed by atoms with Crippen molar-refractivity contribution in [2.45, 2.75) is 33.1 Å². The van der Waals surface area contributed by atoms with Gasteiger partial charge in [0, 0.05) is 4.70 Å². The maximum Gasteiger partial charge on any atom is 0.0380 e. The van der Waals surface area contributed by atoms with Gasteiger partial charge in [-0.25, -0.2) is 0 Å². The Labute approximate surface area is 89.6 Å². The van der Waals surface area contributed by atoms with Gasteiger partial charge in [0.1, 0.15) is 0 Å². The van der Waals surface area contributed by atoms with Gasteiger partial charge in [0.2, 0.25) is 0 Å². The van der Waals surface area contributed by atoms with Crippen LogP contribution in [0.5, 0.6) is 0 Å². The van der Waals surface area contributed by atoms with E-state index in [0.29, 0.717) is 5.92 Å². The smallest absolute Gasteiger partial charge is 0.0380 e. The summed E-state index contributed by atoms with van der Waals surface area (Å²) in [6.45, 7) is 6.75. The van der Waals surface area contributed by atoms with E-state index in [-0.39, 0.29) is 0 Å². The van der Waals surface area contributed by atoms with Gasteiger partial charge >= 0.3 is 0 Å². The second-order valence-corrected chi connectivity index (χ2v) is 4.86. The number of benzene rings is 1. The van der Waals surface area contributed by atoms with Crippen molar-refractivity contribution in [3.05, 3.63) is 34.7 Å².